The molecule has 1 aromatic carbocycles. The molecule has 1 aromatic heterocycles. The van der Waals surface area contributed by atoms with Crippen molar-refractivity contribution in [2.24, 2.45) is 0 Å². The van der Waals surface area contributed by atoms with Gasteiger partial charge in [0, 0.05) is 13.1 Å². The molecular weight excluding hydrogens is 276 g/mol. The van der Waals surface area contributed by atoms with Gasteiger partial charge in [0.2, 0.25) is 0 Å². The van der Waals surface area contributed by atoms with Crippen molar-refractivity contribution in [3.05, 3.63) is 51.9 Å². The first-order valence-electron chi connectivity index (χ1n) is 7.81. The summed E-state index contributed by atoms with van der Waals surface area (Å²) in [6.45, 7) is 9.41. The maximum absolute atomic E-state index is 12.8. The molecule has 1 amide bonds. The lowest BCUT2D eigenvalue weighted by Gasteiger charge is -2.29. The number of aryl methyl sites for hydroxylation is 2. The van der Waals surface area contributed by atoms with E-state index in [9.17, 15) is 4.79 Å². The molecule has 0 atom stereocenters. The largest absolute Gasteiger partial charge is 0.361 e. The Kier molecular flexibility index (Phi) is 3.77. The number of hydrogen-bond acceptors (Lipinski definition) is 3. The molecule has 0 bridgehead atoms. The summed E-state index contributed by atoms with van der Waals surface area (Å²) in [4.78, 5) is 14.7. The van der Waals surface area contributed by atoms with Gasteiger partial charge in [-0.1, -0.05) is 37.2 Å². The van der Waals surface area contributed by atoms with Crippen molar-refractivity contribution in [3.8, 4) is 0 Å². The normalized spacial score (nSPS) is 14.3. The van der Waals surface area contributed by atoms with E-state index >= 15 is 0 Å². The molecule has 0 fully saturated rings. The third-order valence-corrected chi connectivity index (χ3v) is 4.44. The maximum atomic E-state index is 12.8. The van der Waals surface area contributed by atoms with E-state index in [2.05, 4.69) is 37.2 Å². The molecule has 0 N–H and O–H groups in total. The number of nitrogens with zero attached hydrogens (tertiary/aromatic N) is 2. The highest BCUT2D eigenvalue weighted by Gasteiger charge is 2.26. The molecule has 2 heterocycles. The molecule has 3 rings (SSSR count). The van der Waals surface area contributed by atoms with Crippen LogP contribution in [0.15, 0.2) is 22.7 Å². The van der Waals surface area contributed by atoms with Crippen molar-refractivity contribution in [3.63, 3.8) is 0 Å². The third kappa shape index (κ3) is 2.54. The van der Waals surface area contributed by atoms with Gasteiger partial charge in [-0.25, -0.2) is 0 Å². The van der Waals surface area contributed by atoms with Gasteiger partial charge in [-0.3, -0.25) is 4.79 Å². The zero-order valence-electron chi connectivity index (χ0n) is 13.6. The molecule has 116 valence electrons. The number of carbonyl (C=O) groups excluding carboxylic acids is 1. The van der Waals surface area contributed by atoms with Gasteiger partial charge in [-0.05, 0) is 42.9 Å². The lowest BCUT2D eigenvalue weighted by molar-refractivity contribution is 0.0732. The Morgan fingerprint density at radius 3 is 2.68 bits per heavy atom. The summed E-state index contributed by atoms with van der Waals surface area (Å²) in [5.41, 5.74) is 5.22. The number of aromatic nitrogens is 1. The second kappa shape index (κ2) is 5.59. The summed E-state index contributed by atoms with van der Waals surface area (Å²) in [5.74, 6) is 1.13. The summed E-state index contributed by atoms with van der Waals surface area (Å²) in [6.07, 6.45) is 0.906. The SMILES string of the molecule is Cc1noc(C)c1C(=O)N1CCc2ccc(C(C)C)cc2C1. The Morgan fingerprint density at radius 1 is 1.27 bits per heavy atom. The fourth-order valence-electron chi connectivity index (χ4n) is 3.06. The molecule has 1 aliphatic heterocycles. The van der Waals surface area contributed by atoms with E-state index in [4.69, 9.17) is 4.52 Å². The highest BCUT2D eigenvalue weighted by Crippen LogP contribution is 2.26. The smallest absolute Gasteiger partial charge is 0.259 e. The van der Waals surface area contributed by atoms with Crippen LogP contribution in [-0.4, -0.2) is 22.5 Å². The van der Waals surface area contributed by atoms with E-state index in [1.807, 2.05) is 11.8 Å². The summed E-state index contributed by atoms with van der Waals surface area (Å²) >= 11 is 0. The second-order valence-electron chi connectivity index (χ2n) is 6.36. The van der Waals surface area contributed by atoms with E-state index in [-0.39, 0.29) is 5.91 Å². The minimum absolute atomic E-state index is 0.0249. The van der Waals surface area contributed by atoms with E-state index < -0.39 is 0 Å². The molecule has 4 nitrogen and oxygen atoms in total. The molecule has 0 aliphatic carbocycles. The lowest BCUT2D eigenvalue weighted by atomic mass is 9.93. The first-order chi connectivity index (χ1) is 10.5. The van der Waals surface area contributed by atoms with Crippen molar-refractivity contribution in [2.45, 2.75) is 46.6 Å². The highest BCUT2D eigenvalue weighted by atomic mass is 16.5. The van der Waals surface area contributed by atoms with Crippen LogP contribution in [0.2, 0.25) is 0 Å². The molecule has 0 saturated heterocycles. The number of amides is 1. The van der Waals surface area contributed by atoms with Gasteiger partial charge in [0.05, 0.1) is 5.69 Å². The topological polar surface area (TPSA) is 46.3 Å². The molecule has 0 unspecified atom stereocenters. The first kappa shape index (κ1) is 14.8. The van der Waals surface area contributed by atoms with Crippen LogP contribution < -0.4 is 0 Å². The number of fused-ring (bicyclic) bond motifs is 1. The van der Waals surface area contributed by atoms with Crippen molar-refractivity contribution in [1.29, 1.82) is 0 Å². The zero-order valence-corrected chi connectivity index (χ0v) is 13.6. The van der Waals surface area contributed by atoms with Crippen molar-refractivity contribution in [1.82, 2.24) is 10.1 Å². The Bertz CT molecular complexity index is 696. The fraction of sp³-hybridized carbons (Fsp3) is 0.444. The third-order valence-electron chi connectivity index (χ3n) is 4.44. The number of hydrogen-bond donors (Lipinski definition) is 0. The van der Waals surface area contributed by atoms with Crippen LogP contribution in [-0.2, 0) is 13.0 Å². The van der Waals surface area contributed by atoms with Crippen LogP contribution in [0, 0.1) is 13.8 Å². The highest BCUT2D eigenvalue weighted by molar-refractivity contribution is 5.96. The van der Waals surface area contributed by atoms with Gasteiger partial charge in [0.15, 0.2) is 0 Å². The number of carbonyl (C=O) groups is 1. The van der Waals surface area contributed by atoms with E-state index in [0.29, 0.717) is 29.5 Å². The summed E-state index contributed by atoms with van der Waals surface area (Å²) < 4.78 is 5.13. The van der Waals surface area contributed by atoms with Gasteiger partial charge in [-0.2, -0.15) is 0 Å². The Balaban J connectivity index is 1.87. The molecule has 2 aromatic rings. The van der Waals surface area contributed by atoms with Crippen LogP contribution in [0.4, 0.5) is 0 Å². The van der Waals surface area contributed by atoms with Crippen LogP contribution in [0.1, 0.15) is 58.3 Å². The molecule has 22 heavy (non-hydrogen) atoms. The Morgan fingerprint density at radius 2 is 2.05 bits per heavy atom. The lowest BCUT2D eigenvalue weighted by Crippen LogP contribution is -2.36. The Labute approximate surface area is 131 Å². The predicted octanol–water partition coefficient (Wildman–Crippen LogP) is 3.61. The standard InChI is InChI=1S/C18H22N2O2/c1-11(2)15-6-5-14-7-8-20(10-16(14)9-15)18(21)17-12(3)19-22-13(17)4/h5-6,9,11H,7-8,10H2,1-4H3. The zero-order chi connectivity index (χ0) is 15.9. The van der Waals surface area contributed by atoms with Gasteiger partial charge >= 0.3 is 0 Å². The van der Waals surface area contributed by atoms with Crippen molar-refractivity contribution < 1.29 is 9.32 Å². The average molecular weight is 298 g/mol. The molecule has 0 saturated carbocycles. The van der Waals surface area contributed by atoms with E-state index in [0.717, 1.165) is 13.0 Å². The number of rotatable bonds is 2. The first-order valence-corrected chi connectivity index (χ1v) is 7.81. The van der Waals surface area contributed by atoms with E-state index in [1.165, 1.54) is 16.7 Å². The molecule has 1 aliphatic rings. The minimum Gasteiger partial charge on any atom is -0.361 e. The molecule has 4 heteroatoms. The van der Waals surface area contributed by atoms with Crippen LogP contribution in [0.25, 0.3) is 0 Å². The van der Waals surface area contributed by atoms with Crippen molar-refractivity contribution >= 4 is 5.91 Å². The van der Waals surface area contributed by atoms with Crippen molar-refractivity contribution in [2.75, 3.05) is 6.54 Å². The quantitative estimate of drug-likeness (QED) is 0.851. The van der Waals surface area contributed by atoms with Gasteiger partial charge in [0.1, 0.15) is 11.3 Å². The van der Waals surface area contributed by atoms with Gasteiger partial charge in [-0.15, -0.1) is 0 Å². The molecule has 0 spiro atoms. The predicted molar refractivity (Wildman–Crippen MR) is 85.0 cm³/mol. The van der Waals surface area contributed by atoms with Gasteiger partial charge in [0.25, 0.3) is 5.91 Å². The summed E-state index contributed by atoms with van der Waals surface area (Å²) in [6, 6.07) is 6.66. The monoisotopic (exact) mass is 298 g/mol. The van der Waals surface area contributed by atoms with Gasteiger partial charge < -0.3 is 9.42 Å². The fourth-order valence-corrected chi connectivity index (χ4v) is 3.06. The molecular formula is C18H22N2O2. The minimum atomic E-state index is 0.0249. The van der Waals surface area contributed by atoms with Crippen LogP contribution >= 0.6 is 0 Å². The van der Waals surface area contributed by atoms with E-state index in [1.54, 1.807) is 6.92 Å². The maximum Gasteiger partial charge on any atom is 0.259 e. The Hall–Kier alpha value is -2.10. The number of benzene rings is 1. The van der Waals surface area contributed by atoms with Crippen LogP contribution in [0.3, 0.4) is 0 Å². The average Bonchev–Trinajstić information content (AvgIpc) is 2.84. The summed E-state index contributed by atoms with van der Waals surface area (Å²) in [5, 5.41) is 3.89. The summed E-state index contributed by atoms with van der Waals surface area (Å²) in [7, 11) is 0. The second-order valence-corrected chi connectivity index (χ2v) is 6.36. The molecule has 0 radical (unpaired) electrons. The van der Waals surface area contributed by atoms with Crippen LogP contribution in [0.5, 0.6) is 0 Å².